The molecule has 2 atom stereocenters. The van der Waals surface area contributed by atoms with Crippen molar-refractivity contribution in [1.29, 1.82) is 0 Å². The van der Waals surface area contributed by atoms with Gasteiger partial charge < -0.3 is 14.5 Å². The zero-order chi connectivity index (χ0) is 20.1. The SMILES string of the molecule is C[C@H]1CCCC[C@@H]1NC(=O)CSc1nnc(COc2ccc3c(c2)CCCC3)o1. The van der Waals surface area contributed by atoms with Crippen LogP contribution < -0.4 is 10.1 Å². The summed E-state index contributed by atoms with van der Waals surface area (Å²) in [5.74, 6) is 2.12. The van der Waals surface area contributed by atoms with Crippen molar-refractivity contribution in [2.24, 2.45) is 5.92 Å². The first-order chi connectivity index (χ1) is 14.2. The van der Waals surface area contributed by atoms with Gasteiger partial charge >= 0.3 is 0 Å². The van der Waals surface area contributed by atoms with Crippen LogP contribution in [0.25, 0.3) is 0 Å². The monoisotopic (exact) mass is 415 g/mol. The molecule has 0 aliphatic heterocycles. The highest BCUT2D eigenvalue weighted by Crippen LogP contribution is 2.26. The van der Waals surface area contributed by atoms with Gasteiger partial charge in [-0.2, -0.15) is 0 Å². The summed E-state index contributed by atoms with van der Waals surface area (Å²) in [7, 11) is 0. The molecular formula is C22H29N3O3S. The first-order valence-electron chi connectivity index (χ1n) is 10.7. The van der Waals surface area contributed by atoms with Crippen LogP contribution in [-0.2, 0) is 24.2 Å². The van der Waals surface area contributed by atoms with E-state index in [-0.39, 0.29) is 18.3 Å². The number of nitrogens with zero attached hydrogens (tertiary/aromatic N) is 2. The predicted molar refractivity (Wildman–Crippen MR) is 112 cm³/mol. The summed E-state index contributed by atoms with van der Waals surface area (Å²) in [6.45, 7) is 2.45. The van der Waals surface area contributed by atoms with Gasteiger partial charge in [0, 0.05) is 6.04 Å². The predicted octanol–water partition coefficient (Wildman–Crippen LogP) is 4.31. The van der Waals surface area contributed by atoms with E-state index in [1.807, 2.05) is 6.07 Å². The van der Waals surface area contributed by atoms with Crippen LogP contribution in [0.4, 0.5) is 0 Å². The maximum absolute atomic E-state index is 12.2. The van der Waals surface area contributed by atoms with Crippen LogP contribution in [0.3, 0.4) is 0 Å². The fourth-order valence-corrected chi connectivity index (χ4v) is 4.80. The number of aromatic nitrogens is 2. The van der Waals surface area contributed by atoms with Crippen molar-refractivity contribution in [2.45, 2.75) is 76.2 Å². The average Bonchev–Trinajstić information content (AvgIpc) is 3.20. The molecule has 1 amide bonds. The van der Waals surface area contributed by atoms with Crippen LogP contribution in [0, 0.1) is 5.92 Å². The van der Waals surface area contributed by atoms with Gasteiger partial charge in [0.1, 0.15) is 5.75 Å². The molecule has 1 fully saturated rings. The molecule has 4 rings (SSSR count). The topological polar surface area (TPSA) is 77.2 Å². The zero-order valence-electron chi connectivity index (χ0n) is 17.0. The lowest BCUT2D eigenvalue weighted by molar-refractivity contribution is -0.119. The standard InChI is InChI=1S/C22H29N3O3S/c1-15-6-2-5-9-19(15)23-20(26)14-29-22-25-24-21(28-22)13-27-18-11-10-16-7-3-4-8-17(16)12-18/h10-12,15,19H,2-9,13-14H2,1H3,(H,23,26)/t15-,19-/m0/s1. The van der Waals surface area contributed by atoms with Gasteiger partial charge in [0.25, 0.3) is 11.1 Å². The summed E-state index contributed by atoms with van der Waals surface area (Å²) in [6, 6.07) is 6.58. The van der Waals surface area contributed by atoms with Crippen LogP contribution in [0.1, 0.15) is 62.5 Å². The third kappa shape index (κ3) is 5.53. The molecule has 2 aliphatic carbocycles. The molecule has 1 aromatic carbocycles. The number of hydrogen-bond acceptors (Lipinski definition) is 6. The summed E-state index contributed by atoms with van der Waals surface area (Å²) in [4.78, 5) is 12.2. The molecule has 156 valence electrons. The number of nitrogens with one attached hydrogen (secondary N) is 1. The molecule has 1 N–H and O–H groups in total. The van der Waals surface area contributed by atoms with Crippen LogP contribution >= 0.6 is 11.8 Å². The number of rotatable bonds is 7. The Morgan fingerprint density at radius 1 is 1.17 bits per heavy atom. The van der Waals surface area contributed by atoms with Gasteiger partial charge in [-0.25, -0.2) is 0 Å². The lowest BCUT2D eigenvalue weighted by atomic mass is 9.86. The van der Waals surface area contributed by atoms with Gasteiger partial charge in [-0.15, -0.1) is 10.2 Å². The molecule has 1 aromatic heterocycles. The first kappa shape index (κ1) is 20.3. The Morgan fingerprint density at radius 2 is 2.00 bits per heavy atom. The van der Waals surface area contributed by atoms with E-state index in [4.69, 9.17) is 9.15 Å². The quantitative estimate of drug-likeness (QED) is 0.679. The molecule has 1 saturated carbocycles. The average molecular weight is 416 g/mol. The summed E-state index contributed by atoms with van der Waals surface area (Å²) in [5, 5.41) is 11.6. The minimum atomic E-state index is 0.0267. The number of aryl methyl sites for hydroxylation is 2. The summed E-state index contributed by atoms with van der Waals surface area (Å²) in [6.07, 6.45) is 9.52. The minimum absolute atomic E-state index is 0.0267. The number of carbonyl (C=O) groups is 1. The molecule has 0 unspecified atom stereocenters. The highest BCUT2D eigenvalue weighted by atomic mass is 32.2. The van der Waals surface area contributed by atoms with Gasteiger partial charge in [0.15, 0.2) is 6.61 Å². The molecule has 29 heavy (non-hydrogen) atoms. The molecular weight excluding hydrogens is 386 g/mol. The van der Waals surface area contributed by atoms with Crippen LogP contribution in [0.15, 0.2) is 27.8 Å². The fraction of sp³-hybridized carbons (Fsp3) is 0.591. The number of amides is 1. The van der Waals surface area contributed by atoms with Gasteiger partial charge in [-0.05, 0) is 67.7 Å². The summed E-state index contributed by atoms with van der Waals surface area (Å²) < 4.78 is 11.4. The van der Waals surface area contributed by atoms with Crippen LogP contribution in [0.2, 0.25) is 0 Å². The Kier molecular flexibility index (Phi) is 6.74. The van der Waals surface area contributed by atoms with Gasteiger partial charge in [-0.3, -0.25) is 4.79 Å². The summed E-state index contributed by atoms with van der Waals surface area (Å²) >= 11 is 1.27. The molecule has 0 saturated heterocycles. The van der Waals surface area contributed by atoms with Crippen molar-refractivity contribution in [3.63, 3.8) is 0 Å². The molecule has 7 heteroatoms. The van der Waals surface area contributed by atoms with E-state index in [1.165, 1.54) is 55.0 Å². The largest absolute Gasteiger partial charge is 0.484 e. The zero-order valence-corrected chi connectivity index (χ0v) is 17.8. The van der Waals surface area contributed by atoms with E-state index in [1.54, 1.807) is 0 Å². The molecule has 2 aliphatic rings. The first-order valence-corrected chi connectivity index (χ1v) is 11.6. The highest BCUT2D eigenvalue weighted by molar-refractivity contribution is 7.99. The Morgan fingerprint density at radius 3 is 2.86 bits per heavy atom. The number of benzene rings is 1. The highest BCUT2D eigenvalue weighted by Gasteiger charge is 2.23. The number of ether oxygens (including phenoxy) is 1. The fourth-order valence-electron chi connectivity index (χ4n) is 4.21. The van der Waals surface area contributed by atoms with Gasteiger partial charge in [0.2, 0.25) is 5.91 Å². The number of carbonyl (C=O) groups excluding carboxylic acids is 1. The maximum Gasteiger partial charge on any atom is 0.277 e. The molecule has 6 nitrogen and oxygen atoms in total. The number of fused-ring (bicyclic) bond motifs is 1. The molecule has 0 spiro atoms. The molecule has 2 aromatic rings. The van der Waals surface area contributed by atoms with Crippen molar-refractivity contribution in [3.8, 4) is 5.75 Å². The second kappa shape index (κ2) is 9.65. The van der Waals surface area contributed by atoms with E-state index < -0.39 is 0 Å². The third-order valence-electron chi connectivity index (χ3n) is 5.92. The Bertz CT molecular complexity index is 838. The molecule has 0 radical (unpaired) electrons. The van der Waals surface area contributed by atoms with Gasteiger partial charge in [-0.1, -0.05) is 37.6 Å². The number of hydrogen-bond donors (Lipinski definition) is 1. The second-order valence-electron chi connectivity index (χ2n) is 8.11. The Balaban J connectivity index is 1.23. The van der Waals surface area contributed by atoms with E-state index in [9.17, 15) is 4.79 Å². The van der Waals surface area contributed by atoms with Crippen LogP contribution in [0.5, 0.6) is 5.75 Å². The van der Waals surface area contributed by atoms with Crippen molar-refractivity contribution >= 4 is 17.7 Å². The second-order valence-corrected chi connectivity index (χ2v) is 9.04. The van der Waals surface area contributed by atoms with E-state index >= 15 is 0 Å². The lowest BCUT2D eigenvalue weighted by Gasteiger charge is -2.29. The Hall–Kier alpha value is -2.02. The Labute approximate surface area is 176 Å². The van der Waals surface area contributed by atoms with Crippen molar-refractivity contribution in [1.82, 2.24) is 15.5 Å². The minimum Gasteiger partial charge on any atom is -0.484 e. The maximum atomic E-state index is 12.2. The van der Waals surface area contributed by atoms with Crippen molar-refractivity contribution in [3.05, 3.63) is 35.2 Å². The van der Waals surface area contributed by atoms with Gasteiger partial charge in [0.05, 0.1) is 5.75 Å². The summed E-state index contributed by atoms with van der Waals surface area (Å²) in [5.41, 5.74) is 2.81. The van der Waals surface area contributed by atoms with E-state index in [0.717, 1.165) is 25.0 Å². The van der Waals surface area contributed by atoms with Crippen molar-refractivity contribution in [2.75, 3.05) is 5.75 Å². The van der Waals surface area contributed by atoms with Crippen LogP contribution in [-0.4, -0.2) is 27.9 Å². The van der Waals surface area contributed by atoms with Crippen molar-refractivity contribution < 1.29 is 13.9 Å². The third-order valence-corrected chi connectivity index (χ3v) is 6.73. The smallest absolute Gasteiger partial charge is 0.277 e. The number of thioether (sulfide) groups is 1. The molecule has 0 bridgehead atoms. The lowest BCUT2D eigenvalue weighted by Crippen LogP contribution is -2.41. The molecule has 1 heterocycles. The van der Waals surface area contributed by atoms with E-state index in [0.29, 0.717) is 23.1 Å². The normalized spacial score (nSPS) is 21.4. The van der Waals surface area contributed by atoms with E-state index in [2.05, 4.69) is 34.6 Å².